The summed E-state index contributed by atoms with van der Waals surface area (Å²) in [4.78, 5) is 16.2. The predicted molar refractivity (Wildman–Crippen MR) is 82.7 cm³/mol. The van der Waals surface area contributed by atoms with Crippen molar-refractivity contribution in [3.8, 4) is 0 Å². The van der Waals surface area contributed by atoms with Gasteiger partial charge in [-0.15, -0.1) is 0 Å². The number of aryl methyl sites for hydroxylation is 1. The summed E-state index contributed by atoms with van der Waals surface area (Å²) in [6, 6.07) is 1.79. The van der Waals surface area contributed by atoms with E-state index in [2.05, 4.69) is 4.98 Å². The highest BCUT2D eigenvalue weighted by molar-refractivity contribution is 7.13. The smallest absolute Gasteiger partial charge is 0.268 e. The molecule has 6 heteroatoms. The predicted octanol–water partition coefficient (Wildman–Crippen LogP) is 2.78. The minimum atomic E-state index is -0.0168. The van der Waals surface area contributed by atoms with Gasteiger partial charge in [-0.05, 0) is 38.2 Å². The molecule has 1 fully saturated rings. The van der Waals surface area contributed by atoms with Gasteiger partial charge in [-0.3, -0.25) is 13.7 Å². The molecule has 1 unspecified atom stereocenters. The fourth-order valence-corrected chi connectivity index (χ4v) is 3.49. The van der Waals surface area contributed by atoms with Crippen molar-refractivity contribution >= 4 is 21.6 Å². The largest absolute Gasteiger partial charge is 0.353 e. The van der Waals surface area contributed by atoms with Gasteiger partial charge < -0.3 is 9.47 Å². The fraction of sp³-hybridized carbons (Fsp3) is 0.600. The molecule has 1 aliphatic rings. The first-order valence-corrected chi connectivity index (χ1v) is 8.29. The average molecular weight is 308 g/mol. The van der Waals surface area contributed by atoms with Gasteiger partial charge in [0.15, 0.2) is 6.29 Å². The molecule has 0 aliphatic carbocycles. The molecule has 0 spiro atoms. The van der Waals surface area contributed by atoms with E-state index >= 15 is 0 Å². The van der Waals surface area contributed by atoms with Gasteiger partial charge in [0.1, 0.15) is 0 Å². The van der Waals surface area contributed by atoms with Crippen LogP contribution in [-0.2, 0) is 16.0 Å². The topological polar surface area (TPSA) is 53.4 Å². The fourth-order valence-electron chi connectivity index (χ4n) is 2.49. The van der Waals surface area contributed by atoms with Gasteiger partial charge in [0.2, 0.25) is 0 Å². The van der Waals surface area contributed by atoms with Gasteiger partial charge in [0.25, 0.3) is 5.56 Å². The number of fused-ring (bicyclic) bond motifs is 1. The molecule has 2 aromatic heterocycles. The van der Waals surface area contributed by atoms with Crippen LogP contribution in [0.25, 0.3) is 10.1 Å². The van der Waals surface area contributed by atoms with E-state index in [1.165, 1.54) is 18.0 Å². The van der Waals surface area contributed by atoms with Gasteiger partial charge in [-0.25, -0.2) is 0 Å². The molecule has 1 aliphatic heterocycles. The van der Waals surface area contributed by atoms with E-state index in [1.54, 1.807) is 18.5 Å². The summed E-state index contributed by atoms with van der Waals surface area (Å²) >= 11 is 1.49. The van der Waals surface area contributed by atoms with E-state index in [0.717, 1.165) is 48.9 Å². The third kappa shape index (κ3) is 3.70. The normalized spacial score (nSPS) is 19.1. The Morgan fingerprint density at radius 3 is 3.19 bits per heavy atom. The zero-order valence-corrected chi connectivity index (χ0v) is 12.8. The van der Waals surface area contributed by atoms with Gasteiger partial charge in [0, 0.05) is 32.2 Å². The highest BCUT2D eigenvalue weighted by Crippen LogP contribution is 2.16. The summed E-state index contributed by atoms with van der Waals surface area (Å²) in [5.41, 5.74) is 0.0916. The number of aromatic nitrogens is 2. The Bertz CT molecular complexity index is 631. The maximum Gasteiger partial charge on any atom is 0.268 e. The Hall–Kier alpha value is -1.24. The van der Waals surface area contributed by atoms with E-state index in [9.17, 15) is 4.79 Å². The highest BCUT2D eigenvalue weighted by Gasteiger charge is 2.13. The molecule has 0 saturated carbocycles. The van der Waals surface area contributed by atoms with Crippen LogP contribution in [0.1, 0.15) is 32.1 Å². The van der Waals surface area contributed by atoms with Crippen LogP contribution in [0.2, 0.25) is 0 Å². The van der Waals surface area contributed by atoms with Crippen LogP contribution in [0.3, 0.4) is 0 Å². The van der Waals surface area contributed by atoms with Crippen molar-refractivity contribution in [1.82, 2.24) is 8.94 Å². The molecule has 114 valence electrons. The highest BCUT2D eigenvalue weighted by atomic mass is 32.1. The van der Waals surface area contributed by atoms with Crippen molar-refractivity contribution in [3.05, 3.63) is 28.8 Å². The Kier molecular flexibility index (Phi) is 5.00. The maximum atomic E-state index is 12.1. The lowest BCUT2D eigenvalue weighted by molar-refractivity contribution is -0.162. The van der Waals surface area contributed by atoms with Crippen molar-refractivity contribution in [2.24, 2.45) is 0 Å². The summed E-state index contributed by atoms with van der Waals surface area (Å²) in [6.45, 7) is 2.26. The summed E-state index contributed by atoms with van der Waals surface area (Å²) in [5, 5.41) is 0.766. The van der Waals surface area contributed by atoms with Gasteiger partial charge in [-0.1, -0.05) is 11.5 Å². The van der Waals surface area contributed by atoms with E-state index in [0.29, 0.717) is 6.61 Å². The lowest BCUT2D eigenvalue weighted by Gasteiger charge is -2.22. The molecule has 3 rings (SSSR count). The summed E-state index contributed by atoms with van der Waals surface area (Å²) < 4.78 is 14.0. The molecule has 5 nitrogen and oxygen atoms in total. The summed E-state index contributed by atoms with van der Waals surface area (Å²) in [5.74, 6) is 0. The average Bonchev–Trinajstić information content (AvgIpc) is 2.85. The van der Waals surface area contributed by atoms with Crippen LogP contribution in [0, 0.1) is 0 Å². The standard InChI is InChI=1S/C15H20N2O3S/c18-15-12-6-7-16-11-13(12)21-17(15)8-2-4-10-20-14-5-1-3-9-19-14/h6-7,11,14H,1-5,8-10H2. The number of nitrogens with zero attached hydrogens (tertiary/aromatic N) is 2. The van der Waals surface area contributed by atoms with Crippen molar-refractivity contribution in [1.29, 1.82) is 0 Å². The molecule has 1 saturated heterocycles. The molecular weight excluding hydrogens is 288 g/mol. The molecule has 0 N–H and O–H groups in total. The summed E-state index contributed by atoms with van der Waals surface area (Å²) in [6.07, 6.45) is 8.62. The van der Waals surface area contributed by atoms with Crippen molar-refractivity contribution in [2.75, 3.05) is 13.2 Å². The van der Waals surface area contributed by atoms with E-state index in [1.807, 2.05) is 3.96 Å². The molecule has 0 radical (unpaired) electrons. The minimum Gasteiger partial charge on any atom is -0.353 e. The zero-order valence-electron chi connectivity index (χ0n) is 12.0. The molecule has 0 aromatic carbocycles. The quantitative estimate of drug-likeness (QED) is 0.770. The van der Waals surface area contributed by atoms with E-state index < -0.39 is 0 Å². The van der Waals surface area contributed by atoms with Gasteiger partial charge >= 0.3 is 0 Å². The molecular formula is C15H20N2O3S. The number of pyridine rings is 1. The molecule has 0 amide bonds. The SMILES string of the molecule is O=c1c2ccncc2sn1CCCCOC1CCCCO1. The number of ether oxygens (including phenoxy) is 2. The van der Waals surface area contributed by atoms with Gasteiger partial charge in [-0.2, -0.15) is 0 Å². The zero-order chi connectivity index (χ0) is 14.5. The van der Waals surface area contributed by atoms with E-state index in [-0.39, 0.29) is 11.8 Å². The second-order valence-electron chi connectivity index (χ2n) is 5.24. The van der Waals surface area contributed by atoms with Crippen LogP contribution in [0.15, 0.2) is 23.3 Å². The third-order valence-electron chi connectivity index (χ3n) is 3.65. The van der Waals surface area contributed by atoms with Crippen LogP contribution in [-0.4, -0.2) is 28.4 Å². The first-order valence-electron chi connectivity index (χ1n) is 7.51. The molecule has 21 heavy (non-hydrogen) atoms. The van der Waals surface area contributed by atoms with E-state index in [4.69, 9.17) is 9.47 Å². The summed E-state index contributed by atoms with van der Waals surface area (Å²) in [7, 11) is 0. The van der Waals surface area contributed by atoms with Crippen molar-refractivity contribution in [2.45, 2.75) is 44.9 Å². The van der Waals surface area contributed by atoms with Crippen molar-refractivity contribution < 1.29 is 9.47 Å². The molecule has 1 atom stereocenters. The van der Waals surface area contributed by atoms with Crippen LogP contribution < -0.4 is 5.56 Å². The molecule has 0 bridgehead atoms. The van der Waals surface area contributed by atoms with Crippen LogP contribution in [0.5, 0.6) is 0 Å². The second-order valence-corrected chi connectivity index (χ2v) is 6.31. The van der Waals surface area contributed by atoms with Crippen molar-refractivity contribution in [3.63, 3.8) is 0 Å². The molecule has 3 heterocycles. The first-order chi connectivity index (χ1) is 10.3. The Morgan fingerprint density at radius 2 is 2.38 bits per heavy atom. The number of unbranched alkanes of at least 4 members (excludes halogenated alkanes) is 1. The lowest BCUT2D eigenvalue weighted by Crippen LogP contribution is -2.22. The molecule has 2 aromatic rings. The Morgan fingerprint density at radius 1 is 1.43 bits per heavy atom. The lowest BCUT2D eigenvalue weighted by atomic mass is 10.2. The van der Waals surface area contributed by atoms with Crippen LogP contribution >= 0.6 is 11.5 Å². The Labute approximate surface area is 127 Å². The third-order valence-corrected chi connectivity index (χ3v) is 4.74. The second kappa shape index (κ2) is 7.15. The number of hydrogen-bond donors (Lipinski definition) is 0. The number of rotatable bonds is 6. The minimum absolute atomic E-state index is 0.0168. The first kappa shape index (κ1) is 14.7. The Balaban J connectivity index is 1.44. The van der Waals surface area contributed by atoms with Crippen LogP contribution in [0.4, 0.5) is 0 Å². The van der Waals surface area contributed by atoms with Gasteiger partial charge in [0.05, 0.1) is 10.1 Å². The maximum absolute atomic E-state index is 12.1. The monoisotopic (exact) mass is 308 g/mol. The number of hydrogen-bond acceptors (Lipinski definition) is 5.